The van der Waals surface area contributed by atoms with E-state index >= 15 is 0 Å². The molecular weight excluding hydrogens is 448 g/mol. The van der Waals surface area contributed by atoms with E-state index in [1.807, 2.05) is 74.1 Å². The smallest absolute Gasteiger partial charge is 0.248 e. The summed E-state index contributed by atoms with van der Waals surface area (Å²) in [4.78, 5) is 21.6. The van der Waals surface area contributed by atoms with Crippen molar-refractivity contribution in [1.29, 1.82) is 0 Å². The van der Waals surface area contributed by atoms with Gasteiger partial charge in [-0.15, -0.1) is 0 Å². The molecule has 0 bridgehead atoms. The summed E-state index contributed by atoms with van der Waals surface area (Å²) in [7, 11) is 1.63. The van der Waals surface area contributed by atoms with Crippen molar-refractivity contribution in [2.75, 3.05) is 23.5 Å². The topological polar surface area (TPSA) is 85.4 Å². The van der Waals surface area contributed by atoms with Gasteiger partial charge in [0, 0.05) is 34.8 Å². The monoisotopic (exact) mass is 476 g/mol. The minimum absolute atomic E-state index is 0.175. The van der Waals surface area contributed by atoms with Crippen LogP contribution in [0.5, 0.6) is 17.4 Å². The molecule has 1 aliphatic heterocycles. The molecule has 1 aromatic heterocycles. The van der Waals surface area contributed by atoms with Crippen LogP contribution in [0.15, 0.2) is 60.7 Å². The van der Waals surface area contributed by atoms with E-state index in [0.29, 0.717) is 29.2 Å². The summed E-state index contributed by atoms with van der Waals surface area (Å²) in [5.41, 5.74) is 3.47. The molecule has 2 heterocycles. The minimum Gasteiger partial charge on any atom is -0.497 e. The van der Waals surface area contributed by atoms with E-state index in [2.05, 4.69) is 15.6 Å². The highest BCUT2D eigenvalue weighted by Crippen LogP contribution is 2.34. The summed E-state index contributed by atoms with van der Waals surface area (Å²) in [5.74, 6) is 4.26. The van der Waals surface area contributed by atoms with Crippen LogP contribution in [-0.4, -0.2) is 28.7 Å². The normalized spacial score (nSPS) is 12.9. The Morgan fingerprint density at radius 3 is 2.65 bits per heavy atom. The number of rotatable bonds is 8. The van der Waals surface area contributed by atoms with Gasteiger partial charge >= 0.3 is 0 Å². The Kier molecular flexibility index (Phi) is 7.69. The highest BCUT2D eigenvalue weighted by Gasteiger charge is 2.20. The predicted molar refractivity (Wildman–Crippen MR) is 137 cm³/mol. The van der Waals surface area contributed by atoms with E-state index in [1.165, 1.54) is 0 Å². The molecule has 176 valence electrons. The summed E-state index contributed by atoms with van der Waals surface area (Å²) >= 11 is 1.83. The third kappa shape index (κ3) is 6.29. The number of aromatic nitrogens is 2. The summed E-state index contributed by atoms with van der Waals surface area (Å²) < 4.78 is 11.5. The zero-order chi connectivity index (χ0) is 23.9. The van der Waals surface area contributed by atoms with E-state index in [1.54, 1.807) is 19.3 Å². The summed E-state index contributed by atoms with van der Waals surface area (Å²) in [5, 5.41) is 6.14. The molecule has 0 saturated carbocycles. The Labute approximate surface area is 204 Å². The fraction of sp³-hybridized carbons (Fsp3) is 0.269. The lowest BCUT2D eigenvalue weighted by atomic mass is 10.2. The third-order valence-electron chi connectivity index (χ3n) is 5.06. The van der Waals surface area contributed by atoms with Gasteiger partial charge in [-0.1, -0.05) is 32.1 Å². The summed E-state index contributed by atoms with van der Waals surface area (Å²) in [6, 6.07) is 14.9. The summed E-state index contributed by atoms with van der Waals surface area (Å²) in [6.45, 7) is 4.05. The van der Waals surface area contributed by atoms with Gasteiger partial charge in [-0.05, 0) is 48.4 Å². The predicted octanol–water partition coefficient (Wildman–Crippen LogP) is 5.96. The number of hydrogen-bond acceptors (Lipinski definition) is 7. The van der Waals surface area contributed by atoms with E-state index in [9.17, 15) is 4.79 Å². The van der Waals surface area contributed by atoms with E-state index in [-0.39, 0.29) is 5.91 Å². The fourth-order valence-corrected chi connectivity index (χ4v) is 4.36. The molecule has 0 radical (unpaired) electrons. The molecule has 0 saturated heterocycles. The van der Waals surface area contributed by atoms with Crippen molar-refractivity contribution in [3.05, 3.63) is 71.9 Å². The Bertz CT molecular complexity index is 1200. The maximum Gasteiger partial charge on any atom is 0.248 e. The molecule has 1 aliphatic rings. The fourth-order valence-electron chi connectivity index (χ4n) is 3.39. The molecule has 0 fully saturated rings. The first-order valence-electron chi connectivity index (χ1n) is 11.2. The maximum absolute atomic E-state index is 12.2. The Morgan fingerprint density at radius 2 is 1.85 bits per heavy atom. The number of aryl methyl sites for hydroxylation is 1. The number of benzene rings is 2. The molecule has 0 atom stereocenters. The molecular formula is C26H28N4O3S. The number of hydrogen-bond donors (Lipinski definition) is 2. The Morgan fingerprint density at radius 1 is 1.09 bits per heavy atom. The molecule has 3 aromatic rings. The lowest BCUT2D eigenvalue weighted by molar-refractivity contribution is -0.111. The van der Waals surface area contributed by atoms with Crippen LogP contribution in [0.4, 0.5) is 17.3 Å². The van der Waals surface area contributed by atoms with Gasteiger partial charge in [-0.25, -0.2) is 4.98 Å². The van der Waals surface area contributed by atoms with Gasteiger partial charge in [-0.2, -0.15) is 16.7 Å². The molecule has 34 heavy (non-hydrogen) atoms. The third-order valence-corrected chi connectivity index (χ3v) is 6.04. The lowest BCUT2D eigenvalue weighted by Crippen LogP contribution is -2.11. The Hall–Kier alpha value is -3.52. The first-order valence-corrected chi connectivity index (χ1v) is 12.3. The van der Waals surface area contributed by atoms with Crippen LogP contribution >= 0.6 is 11.8 Å². The zero-order valence-corrected chi connectivity index (χ0v) is 20.3. The number of carbonyl (C=O) groups is 1. The number of methoxy groups -OCH3 is 1. The van der Waals surface area contributed by atoms with Gasteiger partial charge in [0.25, 0.3) is 0 Å². The van der Waals surface area contributed by atoms with Crippen molar-refractivity contribution in [1.82, 2.24) is 9.97 Å². The molecule has 2 aromatic carbocycles. The van der Waals surface area contributed by atoms with Gasteiger partial charge in [-0.3, -0.25) is 4.79 Å². The zero-order valence-electron chi connectivity index (χ0n) is 19.5. The number of nitrogens with zero attached hydrogens (tertiary/aromatic N) is 2. The SMILES string of the molecule is COc1cccc(Nc2nc3c(c(Oc4cccc(NC(=O)/C=C/C(C)C)c4)n2)CSCC3)c1. The van der Waals surface area contributed by atoms with Crippen LogP contribution < -0.4 is 20.1 Å². The number of anilines is 3. The largest absolute Gasteiger partial charge is 0.497 e. The second-order valence-corrected chi connectivity index (χ2v) is 9.26. The van der Waals surface area contributed by atoms with Crippen LogP contribution in [0, 0.1) is 5.92 Å². The molecule has 1 amide bonds. The van der Waals surface area contributed by atoms with Crippen LogP contribution in [0.3, 0.4) is 0 Å². The lowest BCUT2D eigenvalue weighted by Gasteiger charge is -2.19. The molecule has 0 unspecified atom stereocenters. The minimum atomic E-state index is -0.175. The Balaban J connectivity index is 1.57. The molecule has 7 nitrogen and oxygen atoms in total. The molecule has 0 aliphatic carbocycles. The van der Waals surface area contributed by atoms with Crippen LogP contribution in [0.25, 0.3) is 0 Å². The van der Waals surface area contributed by atoms with Gasteiger partial charge in [0.2, 0.25) is 17.7 Å². The number of amides is 1. The van der Waals surface area contributed by atoms with Crippen molar-refractivity contribution in [2.24, 2.45) is 5.92 Å². The number of ether oxygens (including phenoxy) is 2. The van der Waals surface area contributed by atoms with Crippen molar-refractivity contribution in [2.45, 2.75) is 26.0 Å². The van der Waals surface area contributed by atoms with Crippen molar-refractivity contribution in [3.8, 4) is 17.4 Å². The van der Waals surface area contributed by atoms with Gasteiger partial charge in [0.15, 0.2) is 0 Å². The number of carbonyl (C=O) groups excluding carboxylic acids is 1. The summed E-state index contributed by atoms with van der Waals surface area (Å²) in [6.07, 6.45) is 4.26. The van der Waals surface area contributed by atoms with Crippen LogP contribution in [0.2, 0.25) is 0 Å². The van der Waals surface area contributed by atoms with Crippen molar-refractivity contribution in [3.63, 3.8) is 0 Å². The molecule has 0 spiro atoms. The number of thioether (sulfide) groups is 1. The number of nitrogens with one attached hydrogen (secondary N) is 2. The highest BCUT2D eigenvalue weighted by molar-refractivity contribution is 7.98. The second kappa shape index (κ2) is 11.1. The van der Waals surface area contributed by atoms with E-state index in [0.717, 1.165) is 40.6 Å². The van der Waals surface area contributed by atoms with Gasteiger partial charge < -0.3 is 20.1 Å². The first kappa shape index (κ1) is 23.6. The van der Waals surface area contributed by atoms with E-state index < -0.39 is 0 Å². The first-order chi connectivity index (χ1) is 16.5. The van der Waals surface area contributed by atoms with Crippen molar-refractivity contribution >= 4 is 35.0 Å². The standard InChI is InChI=1S/C26H28N4O3S/c1-17(2)10-11-24(31)27-18-6-5-9-21(15-18)33-25-22-16-34-13-12-23(22)29-26(30-25)28-19-7-4-8-20(14-19)32-3/h4-11,14-15,17H,12-13,16H2,1-3H3,(H,27,31)(H,28,29,30)/b11-10+. The van der Waals surface area contributed by atoms with Gasteiger partial charge in [0.1, 0.15) is 11.5 Å². The second-order valence-electron chi connectivity index (χ2n) is 8.16. The van der Waals surface area contributed by atoms with Crippen LogP contribution in [-0.2, 0) is 17.0 Å². The molecule has 8 heteroatoms. The maximum atomic E-state index is 12.2. The number of allylic oxidation sites excluding steroid dienone is 1. The quantitative estimate of drug-likeness (QED) is 0.388. The highest BCUT2D eigenvalue weighted by atomic mass is 32.2. The van der Waals surface area contributed by atoms with Gasteiger partial charge in [0.05, 0.1) is 12.8 Å². The average molecular weight is 477 g/mol. The van der Waals surface area contributed by atoms with Crippen LogP contribution in [0.1, 0.15) is 25.1 Å². The molecule has 4 rings (SSSR count). The molecule has 2 N–H and O–H groups in total. The van der Waals surface area contributed by atoms with E-state index in [4.69, 9.17) is 14.5 Å². The average Bonchev–Trinajstić information content (AvgIpc) is 2.83. The van der Waals surface area contributed by atoms with Crippen molar-refractivity contribution < 1.29 is 14.3 Å². The number of fused-ring (bicyclic) bond motifs is 1.